The third-order valence-electron chi connectivity index (χ3n) is 4.76. The summed E-state index contributed by atoms with van der Waals surface area (Å²) < 4.78 is 10.6. The van der Waals surface area contributed by atoms with E-state index in [0.717, 1.165) is 11.3 Å². The number of hydrogen-bond donors (Lipinski definition) is 0. The third kappa shape index (κ3) is 6.39. The maximum Gasteiger partial charge on any atom is 0.309 e. The van der Waals surface area contributed by atoms with Gasteiger partial charge in [-0.25, -0.2) is 0 Å². The molecule has 0 radical (unpaired) electrons. The summed E-state index contributed by atoms with van der Waals surface area (Å²) in [5, 5.41) is 0.694. The van der Waals surface area contributed by atoms with Gasteiger partial charge in [0.25, 0.3) is 5.91 Å². The summed E-state index contributed by atoms with van der Waals surface area (Å²) in [6.45, 7) is 4.57. The van der Waals surface area contributed by atoms with E-state index >= 15 is 0 Å². The molecule has 1 heterocycles. The Hall–Kier alpha value is -2.73. The molecule has 0 aromatic heterocycles. The Bertz CT molecular complexity index is 833. The number of nitrogens with zero attached hydrogens (tertiary/aromatic N) is 2. The number of aryl methyl sites for hydroxylation is 1. The first-order valence-corrected chi connectivity index (χ1v) is 10.0. The van der Waals surface area contributed by atoms with Gasteiger partial charge in [0.05, 0.1) is 13.0 Å². The molecule has 7 heteroatoms. The SMILES string of the molecule is Cc1ccc(OCCC(=O)OCC(=O)N2CCN(c3cccc(Cl)c3)CC2)cc1. The predicted octanol–water partition coefficient (Wildman–Crippen LogP) is 3.31. The Morgan fingerprint density at radius 2 is 1.76 bits per heavy atom. The maximum absolute atomic E-state index is 12.3. The first-order valence-electron chi connectivity index (χ1n) is 9.64. The van der Waals surface area contributed by atoms with Crippen molar-refractivity contribution < 1.29 is 19.1 Å². The minimum absolute atomic E-state index is 0.101. The van der Waals surface area contributed by atoms with E-state index in [1.807, 2.05) is 55.5 Å². The molecule has 2 aromatic rings. The molecule has 154 valence electrons. The Balaban J connectivity index is 1.34. The fourth-order valence-corrected chi connectivity index (χ4v) is 3.26. The number of amides is 1. The smallest absolute Gasteiger partial charge is 0.309 e. The molecule has 1 amide bonds. The lowest BCUT2D eigenvalue weighted by Crippen LogP contribution is -2.49. The molecule has 0 N–H and O–H groups in total. The van der Waals surface area contributed by atoms with Crippen molar-refractivity contribution >= 4 is 29.2 Å². The second-order valence-corrected chi connectivity index (χ2v) is 7.36. The lowest BCUT2D eigenvalue weighted by Gasteiger charge is -2.36. The molecule has 0 bridgehead atoms. The number of esters is 1. The Morgan fingerprint density at radius 3 is 2.45 bits per heavy atom. The molecule has 0 saturated carbocycles. The molecule has 0 aliphatic carbocycles. The molecular formula is C22H25ClN2O4. The molecule has 0 atom stereocenters. The van der Waals surface area contributed by atoms with Crippen LogP contribution in [0.5, 0.6) is 5.75 Å². The highest BCUT2D eigenvalue weighted by Crippen LogP contribution is 2.20. The molecule has 1 fully saturated rings. The number of benzene rings is 2. The minimum Gasteiger partial charge on any atom is -0.493 e. The van der Waals surface area contributed by atoms with Crippen molar-refractivity contribution in [1.29, 1.82) is 0 Å². The van der Waals surface area contributed by atoms with E-state index < -0.39 is 5.97 Å². The van der Waals surface area contributed by atoms with Crippen molar-refractivity contribution in [3.63, 3.8) is 0 Å². The van der Waals surface area contributed by atoms with Crippen LogP contribution in [-0.2, 0) is 14.3 Å². The van der Waals surface area contributed by atoms with Gasteiger partial charge >= 0.3 is 5.97 Å². The number of carbonyl (C=O) groups excluding carboxylic acids is 2. The fraction of sp³-hybridized carbons (Fsp3) is 0.364. The van der Waals surface area contributed by atoms with Gasteiger partial charge < -0.3 is 19.3 Å². The zero-order valence-electron chi connectivity index (χ0n) is 16.5. The van der Waals surface area contributed by atoms with Gasteiger partial charge in [-0.2, -0.15) is 0 Å². The van der Waals surface area contributed by atoms with Crippen molar-refractivity contribution in [2.24, 2.45) is 0 Å². The summed E-state index contributed by atoms with van der Waals surface area (Å²) in [6, 6.07) is 15.3. The first-order chi connectivity index (χ1) is 14.0. The number of rotatable bonds is 7. The summed E-state index contributed by atoms with van der Waals surface area (Å²) in [6.07, 6.45) is 0.101. The molecule has 0 unspecified atom stereocenters. The van der Waals surface area contributed by atoms with E-state index in [2.05, 4.69) is 4.90 Å². The zero-order chi connectivity index (χ0) is 20.6. The molecule has 1 saturated heterocycles. The van der Waals surface area contributed by atoms with Gasteiger partial charge in [0, 0.05) is 36.9 Å². The number of ether oxygens (including phenoxy) is 2. The van der Waals surface area contributed by atoms with E-state index in [1.165, 1.54) is 0 Å². The van der Waals surface area contributed by atoms with Crippen molar-refractivity contribution in [2.45, 2.75) is 13.3 Å². The van der Waals surface area contributed by atoms with Gasteiger partial charge in [0.15, 0.2) is 6.61 Å². The van der Waals surface area contributed by atoms with E-state index in [1.54, 1.807) is 4.90 Å². The van der Waals surface area contributed by atoms with Gasteiger partial charge in [-0.05, 0) is 37.3 Å². The normalized spacial score (nSPS) is 13.9. The van der Waals surface area contributed by atoms with Crippen LogP contribution in [0.25, 0.3) is 0 Å². The second kappa shape index (κ2) is 10.2. The Kier molecular flexibility index (Phi) is 7.36. The van der Waals surface area contributed by atoms with Gasteiger partial charge in [-0.1, -0.05) is 35.4 Å². The summed E-state index contributed by atoms with van der Waals surface area (Å²) >= 11 is 6.04. The molecule has 0 spiro atoms. The van der Waals surface area contributed by atoms with Crippen LogP contribution >= 0.6 is 11.6 Å². The second-order valence-electron chi connectivity index (χ2n) is 6.92. The van der Waals surface area contributed by atoms with Crippen LogP contribution in [0.4, 0.5) is 5.69 Å². The quantitative estimate of drug-likeness (QED) is 0.648. The van der Waals surface area contributed by atoms with Gasteiger partial charge in [-0.15, -0.1) is 0 Å². The first kappa shape index (κ1) is 21.0. The zero-order valence-corrected chi connectivity index (χ0v) is 17.2. The fourth-order valence-electron chi connectivity index (χ4n) is 3.08. The van der Waals surface area contributed by atoms with Crippen LogP contribution in [0.2, 0.25) is 5.02 Å². The number of piperazine rings is 1. The average molecular weight is 417 g/mol. The largest absolute Gasteiger partial charge is 0.493 e. The van der Waals surface area contributed by atoms with Gasteiger partial charge in [0.2, 0.25) is 0 Å². The topological polar surface area (TPSA) is 59.1 Å². The highest BCUT2D eigenvalue weighted by Gasteiger charge is 2.22. The molecule has 3 rings (SSSR count). The van der Waals surface area contributed by atoms with Gasteiger partial charge in [-0.3, -0.25) is 9.59 Å². The molecule has 1 aliphatic rings. The van der Waals surface area contributed by atoms with Crippen molar-refractivity contribution in [3.8, 4) is 5.75 Å². The van der Waals surface area contributed by atoms with Crippen LogP contribution in [0, 0.1) is 6.92 Å². The number of anilines is 1. The maximum atomic E-state index is 12.3. The summed E-state index contributed by atoms with van der Waals surface area (Å²) in [4.78, 5) is 28.1. The predicted molar refractivity (Wildman–Crippen MR) is 112 cm³/mol. The van der Waals surface area contributed by atoms with Crippen molar-refractivity contribution in [2.75, 3.05) is 44.3 Å². The lowest BCUT2D eigenvalue weighted by molar-refractivity contribution is -0.152. The van der Waals surface area contributed by atoms with Crippen LogP contribution in [0.3, 0.4) is 0 Å². The summed E-state index contributed by atoms with van der Waals surface area (Å²) in [5.74, 6) is 0.0867. The van der Waals surface area contributed by atoms with Crippen LogP contribution in [0.15, 0.2) is 48.5 Å². The number of halogens is 1. The van der Waals surface area contributed by atoms with E-state index in [0.29, 0.717) is 37.0 Å². The van der Waals surface area contributed by atoms with Crippen LogP contribution < -0.4 is 9.64 Å². The standard InChI is InChI=1S/C22H25ClN2O4/c1-17-5-7-20(8-6-17)28-14-9-22(27)29-16-21(26)25-12-10-24(11-13-25)19-4-2-3-18(23)15-19/h2-8,15H,9-14,16H2,1H3. The van der Waals surface area contributed by atoms with Crippen LogP contribution in [0.1, 0.15) is 12.0 Å². The highest BCUT2D eigenvalue weighted by molar-refractivity contribution is 6.30. The van der Waals surface area contributed by atoms with Crippen molar-refractivity contribution in [3.05, 3.63) is 59.1 Å². The summed E-state index contributed by atoms with van der Waals surface area (Å²) in [7, 11) is 0. The molecule has 2 aromatic carbocycles. The molecule has 6 nitrogen and oxygen atoms in total. The van der Waals surface area contributed by atoms with E-state index in [-0.39, 0.29) is 25.5 Å². The number of carbonyl (C=O) groups is 2. The van der Waals surface area contributed by atoms with E-state index in [4.69, 9.17) is 21.1 Å². The minimum atomic E-state index is -0.442. The average Bonchev–Trinajstić information content (AvgIpc) is 2.73. The highest BCUT2D eigenvalue weighted by atomic mass is 35.5. The van der Waals surface area contributed by atoms with E-state index in [9.17, 15) is 9.59 Å². The Morgan fingerprint density at radius 1 is 1.03 bits per heavy atom. The summed E-state index contributed by atoms with van der Waals surface area (Å²) in [5.41, 5.74) is 2.19. The third-order valence-corrected chi connectivity index (χ3v) is 4.99. The molecule has 29 heavy (non-hydrogen) atoms. The monoisotopic (exact) mass is 416 g/mol. The van der Waals surface area contributed by atoms with Gasteiger partial charge in [0.1, 0.15) is 5.75 Å². The Labute approximate surface area is 176 Å². The van der Waals surface area contributed by atoms with Crippen molar-refractivity contribution in [1.82, 2.24) is 4.90 Å². The lowest BCUT2D eigenvalue weighted by atomic mass is 10.2. The van der Waals surface area contributed by atoms with Crippen LogP contribution in [-0.4, -0.2) is 56.2 Å². The molecule has 1 aliphatic heterocycles. The molecular weight excluding hydrogens is 392 g/mol. The number of hydrogen-bond acceptors (Lipinski definition) is 5.